The van der Waals surface area contributed by atoms with Crippen LogP contribution in [0.3, 0.4) is 0 Å². The zero-order valence-electron chi connectivity index (χ0n) is 17.0. The molecule has 1 aromatic carbocycles. The van der Waals surface area contributed by atoms with Gasteiger partial charge in [-0.05, 0) is 30.0 Å². The first-order valence-electron chi connectivity index (χ1n) is 10.4. The molecule has 2 fully saturated rings. The van der Waals surface area contributed by atoms with Gasteiger partial charge < -0.3 is 9.64 Å². The van der Waals surface area contributed by atoms with E-state index in [9.17, 15) is 18.0 Å². The minimum absolute atomic E-state index is 0.0172. The number of likely N-dealkylation sites (tertiary alicyclic amines) is 1. The maximum Gasteiger partial charge on any atom is 0.418 e. The molecule has 2 atom stereocenters. The number of pyridine rings is 1. The van der Waals surface area contributed by atoms with Crippen molar-refractivity contribution < 1.29 is 22.7 Å². The van der Waals surface area contributed by atoms with Crippen LogP contribution in [0.15, 0.2) is 30.5 Å². The minimum atomic E-state index is -4.45. The Morgan fingerprint density at radius 1 is 1.20 bits per heavy atom. The van der Waals surface area contributed by atoms with Crippen molar-refractivity contribution >= 4 is 16.8 Å². The Kier molecular flexibility index (Phi) is 5.97. The van der Waals surface area contributed by atoms with Gasteiger partial charge in [-0.3, -0.25) is 14.7 Å². The normalized spacial score (nSPS) is 23.7. The summed E-state index contributed by atoms with van der Waals surface area (Å²) in [5.41, 5.74) is 0.0969. The summed E-state index contributed by atoms with van der Waals surface area (Å²) in [6, 6.07) is 6.07. The van der Waals surface area contributed by atoms with Gasteiger partial charge in [0.2, 0.25) is 5.91 Å². The highest BCUT2D eigenvalue weighted by Crippen LogP contribution is 2.39. The molecule has 2 saturated heterocycles. The number of alkyl halides is 3. The van der Waals surface area contributed by atoms with Crippen LogP contribution in [0.5, 0.6) is 0 Å². The molecule has 8 heteroatoms. The molecule has 0 spiro atoms. The Bertz CT molecular complexity index is 912. The van der Waals surface area contributed by atoms with Gasteiger partial charge >= 0.3 is 6.18 Å². The minimum Gasteiger partial charge on any atom is -0.379 e. The number of nitrogens with zero attached hydrogens (tertiary/aromatic N) is 3. The molecule has 0 saturated carbocycles. The van der Waals surface area contributed by atoms with Crippen LogP contribution in [0.4, 0.5) is 13.2 Å². The highest BCUT2D eigenvalue weighted by Gasteiger charge is 2.35. The number of amides is 1. The van der Waals surface area contributed by atoms with E-state index in [0.717, 1.165) is 31.1 Å². The van der Waals surface area contributed by atoms with Crippen molar-refractivity contribution in [1.82, 2.24) is 14.8 Å². The fourth-order valence-corrected chi connectivity index (χ4v) is 4.61. The number of fused-ring (bicyclic) bond motifs is 1. The number of hydrogen-bond acceptors (Lipinski definition) is 4. The molecule has 1 amide bonds. The summed E-state index contributed by atoms with van der Waals surface area (Å²) < 4.78 is 45.7. The van der Waals surface area contributed by atoms with Gasteiger partial charge in [-0.15, -0.1) is 0 Å². The van der Waals surface area contributed by atoms with Crippen LogP contribution in [0.2, 0.25) is 0 Å². The van der Waals surface area contributed by atoms with Gasteiger partial charge in [-0.1, -0.05) is 19.1 Å². The number of piperidine rings is 1. The Balaban J connectivity index is 1.59. The zero-order valence-corrected chi connectivity index (χ0v) is 17.0. The summed E-state index contributed by atoms with van der Waals surface area (Å²) >= 11 is 0. The molecule has 5 nitrogen and oxygen atoms in total. The lowest BCUT2D eigenvalue weighted by atomic mass is 9.83. The molecular formula is C22H26F3N3O2. The molecule has 30 heavy (non-hydrogen) atoms. The van der Waals surface area contributed by atoms with Crippen LogP contribution in [-0.2, 0) is 15.7 Å². The Labute approximate surface area is 173 Å². The number of aromatic nitrogens is 1. The fourth-order valence-electron chi connectivity index (χ4n) is 4.61. The Morgan fingerprint density at radius 3 is 2.70 bits per heavy atom. The lowest BCUT2D eigenvalue weighted by Gasteiger charge is -2.38. The number of carbonyl (C=O) groups is 1. The molecule has 0 bridgehead atoms. The van der Waals surface area contributed by atoms with E-state index >= 15 is 0 Å². The van der Waals surface area contributed by atoms with E-state index in [2.05, 4.69) is 16.8 Å². The van der Waals surface area contributed by atoms with E-state index < -0.39 is 11.7 Å². The van der Waals surface area contributed by atoms with Crippen molar-refractivity contribution in [2.45, 2.75) is 25.4 Å². The number of ether oxygens (including phenoxy) is 1. The van der Waals surface area contributed by atoms with Gasteiger partial charge in [0.1, 0.15) is 0 Å². The molecule has 0 aliphatic carbocycles. The number of rotatable bonds is 3. The topological polar surface area (TPSA) is 45.7 Å². The summed E-state index contributed by atoms with van der Waals surface area (Å²) in [4.78, 5) is 20.9. The predicted octanol–water partition coefficient (Wildman–Crippen LogP) is 3.54. The average molecular weight is 421 g/mol. The van der Waals surface area contributed by atoms with Crippen molar-refractivity contribution in [2.24, 2.45) is 5.92 Å². The van der Waals surface area contributed by atoms with E-state index in [0.29, 0.717) is 38.2 Å². The fraction of sp³-hybridized carbons (Fsp3) is 0.545. The zero-order chi connectivity index (χ0) is 21.3. The van der Waals surface area contributed by atoms with Crippen molar-refractivity contribution in [1.29, 1.82) is 0 Å². The van der Waals surface area contributed by atoms with Gasteiger partial charge in [0.25, 0.3) is 0 Å². The smallest absolute Gasteiger partial charge is 0.379 e. The number of halogens is 3. The van der Waals surface area contributed by atoms with Gasteiger partial charge in [-0.2, -0.15) is 13.2 Å². The van der Waals surface area contributed by atoms with E-state index in [1.807, 2.05) is 4.90 Å². The molecule has 2 aromatic rings. The van der Waals surface area contributed by atoms with Crippen molar-refractivity contribution in [3.63, 3.8) is 0 Å². The highest BCUT2D eigenvalue weighted by molar-refractivity contribution is 5.86. The highest BCUT2D eigenvalue weighted by atomic mass is 19.4. The molecule has 2 aliphatic rings. The molecule has 162 valence electrons. The molecule has 4 rings (SSSR count). The quantitative estimate of drug-likeness (QED) is 0.761. The molecule has 1 unspecified atom stereocenters. The third-order valence-corrected chi connectivity index (χ3v) is 6.02. The first-order chi connectivity index (χ1) is 14.3. The second-order valence-electron chi connectivity index (χ2n) is 8.32. The average Bonchev–Trinajstić information content (AvgIpc) is 2.72. The van der Waals surface area contributed by atoms with Crippen molar-refractivity contribution in [3.8, 4) is 0 Å². The predicted molar refractivity (Wildman–Crippen MR) is 107 cm³/mol. The van der Waals surface area contributed by atoms with Crippen LogP contribution in [-0.4, -0.2) is 66.6 Å². The molecule has 3 heterocycles. The van der Waals surface area contributed by atoms with Crippen LogP contribution in [0, 0.1) is 5.92 Å². The SMILES string of the molecule is CC1C[C@@H](c2ccc(C(F)(F)F)c3ncccc23)CN(C(=O)CN2CCOCC2)C1. The maximum atomic E-state index is 13.4. The Hall–Kier alpha value is -2.19. The first kappa shape index (κ1) is 21.1. The lowest BCUT2D eigenvalue weighted by molar-refractivity contribution is -0.136. The Morgan fingerprint density at radius 2 is 1.97 bits per heavy atom. The van der Waals surface area contributed by atoms with Gasteiger partial charge in [0, 0.05) is 43.7 Å². The van der Waals surface area contributed by atoms with Gasteiger partial charge in [0.15, 0.2) is 0 Å². The second-order valence-corrected chi connectivity index (χ2v) is 8.32. The molecule has 0 radical (unpaired) electrons. The van der Waals surface area contributed by atoms with E-state index in [-0.39, 0.29) is 23.3 Å². The van der Waals surface area contributed by atoms with Gasteiger partial charge in [-0.25, -0.2) is 0 Å². The van der Waals surface area contributed by atoms with Crippen molar-refractivity contribution in [2.75, 3.05) is 45.9 Å². The summed E-state index contributed by atoms with van der Waals surface area (Å²) in [5, 5.41) is 0.520. The van der Waals surface area contributed by atoms with Crippen molar-refractivity contribution in [3.05, 3.63) is 41.6 Å². The molecule has 2 aliphatic heterocycles. The number of carbonyl (C=O) groups excluding carboxylic acids is 1. The largest absolute Gasteiger partial charge is 0.418 e. The third kappa shape index (κ3) is 4.44. The first-order valence-corrected chi connectivity index (χ1v) is 10.4. The maximum absolute atomic E-state index is 13.4. The van der Waals surface area contributed by atoms with Crippen LogP contribution >= 0.6 is 0 Å². The summed E-state index contributed by atoms with van der Waals surface area (Å²) in [7, 11) is 0. The standard InChI is InChI=1S/C22H26F3N3O2/c1-15-11-16(13-28(12-15)20(29)14-27-7-9-30-10-8-27)17-4-5-19(22(23,24)25)21-18(17)3-2-6-26-21/h2-6,15-16H,7-14H2,1H3/t15?,16-/m1/s1. The number of benzene rings is 1. The van der Waals surface area contributed by atoms with E-state index in [4.69, 9.17) is 4.74 Å². The lowest BCUT2D eigenvalue weighted by Crippen LogP contribution is -2.48. The van der Waals surface area contributed by atoms with Crippen LogP contribution < -0.4 is 0 Å². The molecular weight excluding hydrogens is 395 g/mol. The number of morpholine rings is 1. The number of hydrogen-bond donors (Lipinski definition) is 0. The summed E-state index contributed by atoms with van der Waals surface area (Å²) in [5.74, 6) is 0.325. The summed E-state index contributed by atoms with van der Waals surface area (Å²) in [6.07, 6.45) is -2.23. The molecule has 1 aromatic heterocycles. The van der Waals surface area contributed by atoms with E-state index in [1.54, 1.807) is 18.2 Å². The summed E-state index contributed by atoms with van der Waals surface area (Å²) in [6.45, 7) is 6.40. The van der Waals surface area contributed by atoms with E-state index in [1.165, 1.54) is 6.20 Å². The van der Waals surface area contributed by atoms with Crippen LogP contribution in [0.25, 0.3) is 10.9 Å². The second kappa shape index (κ2) is 8.51. The van der Waals surface area contributed by atoms with Gasteiger partial charge in [0.05, 0.1) is 30.8 Å². The molecule has 0 N–H and O–H groups in total. The third-order valence-electron chi connectivity index (χ3n) is 6.02. The van der Waals surface area contributed by atoms with Crippen LogP contribution in [0.1, 0.15) is 30.4 Å². The monoisotopic (exact) mass is 421 g/mol.